The zero-order chi connectivity index (χ0) is 18.1. The van der Waals surface area contributed by atoms with Gasteiger partial charge in [-0.1, -0.05) is 18.2 Å². The predicted molar refractivity (Wildman–Crippen MR) is 82.0 cm³/mol. The molecular weight excluding hydrogens is 369 g/mol. The Morgan fingerprint density at radius 2 is 1.79 bits per heavy atom. The van der Waals surface area contributed by atoms with Crippen molar-refractivity contribution in [2.45, 2.75) is 11.1 Å². The standard InChI is InChI=1S/C14H14ClF3N2O3S/c1-2-13(21)19-5-7-20(8-6-19)24(22,23)12-9-10(14(16,17)18)3-4-11(12)15/h2-4,9H,1,5-8H2. The van der Waals surface area contributed by atoms with Crippen LogP contribution in [0.3, 0.4) is 0 Å². The van der Waals surface area contributed by atoms with E-state index in [0.29, 0.717) is 6.07 Å². The minimum absolute atomic E-state index is 0.0332. The molecule has 0 saturated carbocycles. The van der Waals surface area contributed by atoms with Crippen LogP contribution in [-0.2, 0) is 21.0 Å². The summed E-state index contributed by atoms with van der Waals surface area (Å²) < 4.78 is 64.6. The van der Waals surface area contributed by atoms with Gasteiger partial charge < -0.3 is 4.90 Å². The summed E-state index contributed by atoms with van der Waals surface area (Å²) in [7, 11) is -4.19. The van der Waals surface area contributed by atoms with Gasteiger partial charge in [-0.25, -0.2) is 8.42 Å². The number of rotatable bonds is 3. The van der Waals surface area contributed by atoms with E-state index in [1.54, 1.807) is 0 Å². The van der Waals surface area contributed by atoms with Crippen molar-refractivity contribution in [2.75, 3.05) is 26.2 Å². The van der Waals surface area contributed by atoms with E-state index in [-0.39, 0.29) is 37.1 Å². The number of carbonyl (C=O) groups excluding carboxylic acids is 1. The smallest absolute Gasteiger partial charge is 0.337 e. The van der Waals surface area contributed by atoms with Crippen molar-refractivity contribution in [3.05, 3.63) is 41.4 Å². The van der Waals surface area contributed by atoms with Gasteiger partial charge in [0.2, 0.25) is 15.9 Å². The molecule has 0 radical (unpaired) electrons. The highest BCUT2D eigenvalue weighted by atomic mass is 35.5. The first-order chi connectivity index (χ1) is 11.1. The molecule has 0 unspecified atom stereocenters. The summed E-state index contributed by atoms with van der Waals surface area (Å²) in [6, 6.07) is 2.16. The van der Waals surface area contributed by atoms with Gasteiger partial charge in [0.15, 0.2) is 0 Å². The molecule has 1 saturated heterocycles. The largest absolute Gasteiger partial charge is 0.416 e. The maximum absolute atomic E-state index is 12.8. The number of hydrogen-bond donors (Lipinski definition) is 0. The van der Waals surface area contributed by atoms with E-state index >= 15 is 0 Å². The van der Waals surface area contributed by atoms with Gasteiger partial charge in [0.1, 0.15) is 4.90 Å². The molecule has 0 aliphatic carbocycles. The molecule has 10 heteroatoms. The molecule has 0 N–H and O–H groups in total. The molecule has 1 aromatic carbocycles. The van der Waals surface area contributed by atoms with Crippen molar-refractivity contribution in [1.29, 1.82) is 0 Å². The lowest BCUT2D eigenvalue weighted by Crippen LogP contribution is -2.50. The summed E-state index contributed by atoms with van der Waals surface area (Å²) in [6.07, 6.45) is -3.56. The Morgan fingerprint density at radius 1 is 1.21 bits per heavy atom. The summed E-state index contributed by atoms with van der Waals surface area (Å²) in [4.78, 5) is 12.3. The number of amides is 1. The Bertz CT molecular complexity index is 757. The van der Waals surface area contributed by atoms with Crippen LogP contribution in [0.1, 0.15) is 5.56 Å². The summed E-state index contributed by atoms with van der Waals surface area (Å²) in [5.41, 5.74) is -1.09. The predicted octanol–water partition coefficient (Wildman–Crippen LogP) is 2.38. The van der Waals surface area contributed by atoms with Gasteiger partial charge in [0, 0.05) is 26.2 Å². The van der Waals surface area contributed by atoms with Crippen LogP contribution in [0.15, 0.2) is 35.7 Å². The second-order valence-corrected chi connectivity index (χ2v) is 7.39. The van der Waals surface area contributed by atoms with E-state index in [4.69, 9.17) is 11.6 Å². The van der Waals surface area contributed by atoms with Crippen LogP contribution in [0.4, 0.5) is 13.2 Å². The monoisotopic (exact) mass is 382 g/mol. The minimum Gasteiger partial charge on any atom is -0.337 e. The quantitative estimate of drug-likeness (QED) is 0.754. The zero-order valence-electron chi connectivity index (χ0n) is 12.4. The van der Waals surface area contributed by atoms with E-state index in [2.05, 4.69) is 6.58 Å². The van der Waals surface area contributed by atoms with Crippen LogP contribution in [0.5, 0.6) is 0 Å². The molecular formula is C14H14ClF3N2O3S. The van der Waals surface area contributed by atoms with Crippen molar-refractivity contribution >= 4 is 27.5 Å². The van der Waals surface area contributed by atoms with Crippen molar-refractivity contribution in [1.82, 2.24) is 9.21 Å². The SMILES string of the molecule is C=CC(=O)N1CCN(S(=O)(=O)c2cc(C(F)(F)F)ccc2Cl)CC1. The van der Waals surface area contributed by atoms with Crippen molar-refractivity contribution in [3.63, 3.8) is 0 Å². The third kappa shape index (κ3) is 3.73. The number of piperazine rings is 1. The van der Waals surface area contributed by atoms with E-state index in [0.717, 1.165) is 22.5 Å². The number of halogens is 4. The molecule has 1 aromatic rings. The average Bonchev–Trinajstić information content (AvgIpc) is 2.53. The Morgan fingerprint density at radius 3 is 2.29 bits per heavy atom. The van der Waals surface area contributed by atoms with E-state index in [9.17, 15) is 26.4 Å². The summed E-state index contributed by atoms with van der Waals surface area (Å²) >= 11 is 5.80. The van der Waals surface area contributed by atoms with Crippen LogP contribution in [-0.4, -0.2) is 49.7 Å². The number of benzene rings is 1. The van der Waals surface area contributed by atoms with Crippen LogP contribution in [0, 0.1) is 0 Å². The summed E-state index contributed by atoms with van der Waals surface area (Å²) in [5.74, 6) is -0.329. The number of hydrogen-bond acceptors (Lipinski definition) is 3. The molecule has 0 aromatic heterocycles. The van der Waals surface area contributed by atoms with Crippen molar-refractivity contribution < 1.29 is 26.4 Å². The van der Waals surface area contributed by atoms with Gasteiger partial charge in [-0.05, 0) is 24.3 Å². The second-order valence-electron chi connectivity index (χ2n) is 5.08. The first kappa shape index (κ1) is 18.8. The fraction of sp³-hybridized carbons (Fsp3) is 0.357. The van der Waals surface area contributed by atoms with Crippen LogP contribution >= 0.6 is 11.6 Å². The number of sulfonamides is 1. The first-order valence-electron chi connectivity index (χ1n) is 6.85. The molecule has 1 fully saturated rings. The molecule has 1 amide bonds. The summed E-state index contributed by atoms with van der Waals surface area (Å²) in [5, 5.41) is -0.285. The number of alkyl halides is 3. The maximum atomic E-state index is 12.8. The normalized spacial score (nSPS) is 16.9. The van der Waals surface area contributed by atoms with Crippen LogP contribution < -0.4 is 0 Å². The van der Waals surface area contributed by atoms with Gasteiger partial charge in [-0.2, -0.15) is 17.5 Å². The topological polar surface area (TPSA) is 57.7 Å². The Labute approximate surface area is 142 Å². The maximum Gasteiger partial charge on any atom is 0.416 e. The van der Waals surface area contributed by atoms with E-state index in [1.807, 2.05) is 0 Å². The summed E-state index contributed by atoms with van der Waals surface area (Å²) in [6.45, 7) is 3.53. The Hall–Kier alpha value is -1.58. The molecule has 0 spiro atoms. The minimum atomic E-state index is -4.68. The molecule has 1 aliphatic heterocycles. The van der Waals surface area contributed by atoms with Crippen LogP contribution in [0.2, 0.25) is 5.02 Å². The average molecular weight is 383 g/mol. The van der Waals surface area contributed by atoms with Gasteiger partial charge >= 0.3 is 6.18 Å². The van der Waals surface area contributed by atoms with Gasteiger partial charge in [0.25, 0.3) is 0 Å². The third-order valence-electron chi connectivity index (χ3n) is 3.60. The third-order valence-corrected chi connectivity index (χ3v) is 5.98. The lowest BCUT2D eigenvalue weighted by molar-refractivity contribution is -0.137. The second kappa shape index (κ2) is 6.73. The van der Waals surface area contributed by atoms with Crippen LogP contribution in [0.25, 0.3) is 0 Å². The van der Waals surface area contributed by atoms with Gasteiger partial charge in [0.05, 0.1) is 10.6 Å². The molecule has 1 heterocycles. The van der Waals surface area contributed by atoms with Crippen molar-refractivity contribution in [3.8, 4) is 0 Å². The van der Waals surface area contributed by atoms with Gasteiger partial charge in [-0.3, -0.25) is 4.79 Å². The fourth-order valence-electron chi connectivity index (χ4n) is 2.29. The zero-order valence-corrected chi connectivity index (χ0v) is 14.0. The Balaban J connectivity index is 2.29. The molecule has 132 valence electrons. The highest BCUT2D eigenvalue weighted by Gasteiger charge is 2.35. The van der Waals surface area contributed by atoms with Crippen molar-refractivity contribution in [2.24, 2.45) is 0 Å². The molecule has 24 heavy (non-hydrogen) atoms. The van der Waals surface area contributed by atoms with E-state index < -0.39 is 26.7 Å². The highest BCUT2D eigenvalue weighted by molar-refractivity contribution is 7.89. The molecule has 5 nitrogen and oxygen atoms in total. The highest BCUT2D eigenvalue weighted by Crippen LogP contribution is 2.34. The molecule has 2 rings (SSSR count). The molecule has 0 bridgehead atoms. The number of nitrogens with zero attached hydrogens (tertiary/aromatic N) is 2. The first-order valence-corrected chi connectivity index (χ1v) is 8.67. The molecule has 1 aliphatic rings. The van der Waals surface area contributed by atoms with Gasteiger partial charge in [-0.15, -0.1) is 0 Å². The lowest BCUT2D eigenvalue weighted by atomic mass is 10.2. The molecule has 0 atom stereocenters. The Kier molecular flexibility index (Phi) is 5.26. The lowest BCUT2D eigenvalue weighted by Gasteiger charge is -2.33. The fourth-order valence-corrected chi connectivity index (χ4v) is 4.22. The van der Waals surface area contributed by atoms with E-state index in [1.165, 1.54) is 4.90 Å². The number of carbonyl (C=O) groups is 1.